The molecule has 2 rings (SSSR count). The van der Waals surface area contributed by atoms with Gasteiger partial charge in [-0.3, -0.25) is 4.79 Å². The maximum Gasteiger partial charge on any atom is 0.272 e. The van der Waals surface area contributed by atoms with Gasteiger partial charge >= 0.3 is 0 Å². The third-order valence-electron chi connectivity index (χ3n) is 2.88. The van der Waals surface area contributed by atoms with Crippen LogP contribution in [-0.4, -0.2) is 12.1 Å². The summed E-state index contributed by atoms with van der Waals surface area (Å²) in [7, 11) is 0. The van der Waals surface area contributed by atoms with Crippen LogP contribution in [0.15, 0.2) is 38.9 Å². The summed E-state index contributed by atoms with van der Waals surface area (Å²) in [6.45, 7) is 5.82. The van der Waals surface area contributed by atoms with Gasteiger partial charge in [-0.2, -0.15) is 5.10 Å². The predicted octanol–water partition coefficient (Wildman–Crippen LogP) is 3.78. The molecule has 0 saturated heterocycles. The Morgan fingerprint density at radius 3 is 2.85 bits per heavy atom. The summed E-state index contributed by atoms with van der Waals surface area (Å²) in [6.07, 6.45) is 5.05. The molecule has 2 heterocycles. The SMILES string of the molecule is C/C(C=NNC(=O)c1csc(C)c1C)=C\c1ccco1. The number of hydrazone groups is 1. The Kier molecular flexibility index (Phi) is 4.53. The molecule has 4 nitrogen and oxygen atoms in total. The number of carbonyl (C=O) groups excluding carboxylic acids is 1. The van der Waals surface area contributed by atoms with Crippen LogP contribution in [-0.2, 0) is 0 Å². The van der Waals surface area contributed by atoms with E-state index in [0.717, 1.165) is 21.8 Å². The second-order valence-electron chi connectivity index (χ2n) is 4.43. The Hall–Kier alpha value is -2.14. The minimum absolute atomic E-state index is 0.186. The number of amides is 1. The standard InChI is InChI=1S/C15H16N2O2S/c1-10(7-13-5-4-6-19-13)8-16-17-15(18)14-9-20-12(3)11(14)2/h4-9H,1-3H3,(H,17,18)/b10-7+,16-8?. The van der Waals surface area contributed by atoms with E-state index in [-0.39, 0.29) is 5.91 Å². The maximum atomic E-state index is 11.9. The lowest BCUT2D eigenvalue weighted by atomic mass is 10.2. The van der Waals surface area contributed by atoms with Crippen LogP contribution in [0.5, 0.6) is 0 Å². The molecule has 0 aliphatic rings. The first-order valence-corrected chi connectivity index (χ1v) is 7.06. The smallest absolute Gasteiger partial charge is 0.272 e. The third-order valence-corrected chi connectivity index (χ3v) is 3.89. The summed E-state index contributed by atoms with van der Waals surface area (Å²) >= 11 is 1.57. The van der Waals surface area contributed by atoms with Gasteiger partial charge in [-0.25, -0.2) is 5.43 Å². The first kappa shape index (κ1) is 14.3. The van der Waals surface area contributed by atoms with Gasteiger partial charge in [0, 0.05) is 10.3 Å². The molecule has 0 saturated carbocycles. The summed E-state index contributed by atoms with van der Waals surface area (Å²) in [5.41, 5.74) is 5.10. The van der Waals surface area contributed by atoms with Crippen molar-refractivity contribution in [3.63, 3.8) is 0 Å². The predicted molar refractivity (Wildman–Crippen MR) is 82.1 cm³/mol. The average Bonchev–Trinajstić information content (AvgIpc) is 3.01. The van der Waals surface area contributed by atoms with Crippen LogP contribution in [0, 0.1) is 13.8 Å². The second kappa shape index (κ2) is 6.34. The molecule has 1 N–H and O–H groups in total. The van der Waals surface area contributed by atoms with E-state index < -0.39 is 0 Å². The van der Waals surface area contributed by atoms with Crippen molar-refractivity contribution in [2.45, 2.75) is 20.8 Å². The topological polar surface area (TPSA) is 54.6 Å². The van der Waals surface area contributed by atoms with Gasteiger partial charge in [-0.05, 0) is 50.1 Å². The van der Waals surface area contributed by atoms with Crippen molar-refractivity contribution in [1.82, 2.24) is 5.43 Å². The van der Waals surface area contributed by atoms with Gasteiger partial charge in [0.05, 0.1) is 18.0 Å². The van der Waals surface area contributed by atoms with E-state index in [2.05, 4.69) is 10.5 Å². The molecule has 5 heteroatoms. The van der Waals surface area contributed by atoms with E-state index in [1.54, 1.807) is 23.8 Å². The fourth-order valence-corrected chi connectivity index (χ4v) is 2.49. The summed E-state index contributed by atoms with van der Waals surface area (Å²) in [6, 6.07) is 3.67. The van der Waals surface area contributed by atoms with Crippen molar-refractivity contribution in [2.24, 2.45) is 5.10 Å². The van der Waals surface area contributed by atoms with Gasteiger partial charge in [0.15, 0.2) is 0 Å². The number of aryl methyl sites for hydroxylation is 1. The van der Waals surface area contributed by atoms with E-state index in [1.807, 2.05) is 44.4 Å². The van der Waals surface area contributed by atoms with E-state index in [9.17, 15) is 4.79 Å². The molecule has 0 fully saturated rings. The van der Waals surface area contributed by atoms with Crippen LogP contribution in [0.4, 0.5) is 0 Å². The Labute approximate surface area is 121 Å². The Morgan fingerprint density at radius 1 is 1.45 bits per heavy atom. The zero-order valence-electron chi connectivity index (χ0n) is 11.6. The van der Waals surface area contributed by atoms with Crippen molar-refractivity contribution >= 4 is 29.5 Å². The number of rotatable bonds is 4. The molecule has 0 aliphatic heterocycles. The molecule has 104 valence electrons. The molecule has 20 heavy (non-hydrogen) atoms. The largest absolute Gasteiger partial charge is 0.465 e. The normalized spacial score (nSPS) is 12.1. The van der Waals surface area contributed by atoms with Crippen LogP contribution in [0.3, 0.4) is 0 Å². The zero-order chi connectivity index (χ0) is 14.5. The number of allylic oxidation sites excluding steroid dienone is 1. The third kappa shape index (κ3) is 3.45. The number of hydrogen-bond donors (Lipinski definition) is 1. The Bertz CT molecular complexity index is 651. The number of nitrogens with one attached hydrogen (secondary N) is 1. The minimum Gasteiger partial charge on any atom is -0.465 e. The Balaban J connectivity index is 1.96. The van der Waals surface area contributed by atoms with E-state index in [0.29, 0.717) is 5.56 Å². The molecule has 0 aliphatic carbocycles. The van der Waals surface area contributed by atoms with E-state index in [4.69, 9.17) is 4.42 Å². The summed E-state index contributed by atoms with van der Waals surface area (Å²) in [4.78, 5) is 13.1. The Morgan fingerprint density at radius 2 is 2.25 bits per heavy atom. The molecular weight excluding hydrogens is 272 g/mol. The molecule has 0 unspecified atom stereocenters. The van der Waals surface area contributed by atoms with Crippen LogP contribution < -0.4 is 5.43 Å². The van der Waals surface area contributed by atoms with E-state index >= 15 is 0 Å². The number of nitrogens with zero attached hydrogens (tertiary/aromatic N) is 1. The fraction of sp³-hybridized carbons (Fsp3) is 0.200. The average molecular weight is 288 g/mol. The second-order valence-corrected chi connectivity index (χ2v) is 5.52. The molecule has 0 radical (unpaired) electrons. The van der Waals surface area contributed by atoms with Crippen molar-refractivity contribution in [2.75, 3.05) is 0 Å². The van der Waals surface area contributed by atoms with Crippen molar-refractivity contribution < 1.29 is 9.21 Å². The molecule has 0 atom stereocenters. The van der Waals surface area contributed by atoms with Crippen molar-refractivity contribution in [3.8, 4) is 0 Å². The summed E-state index contributed by atoms with van der Waals surface area (Å²) in [5, 5.41) is 5.80. The van der Waals surface area contributed by atoms with Crippen molar-refractivity contribution in [3.05, 3.63) is 51.1 Å². The fourth-order valence-electron chi connectivity index (χ4n) is 1.63. The number of carbonyl (C=O) groups is 1. The van der Waals surface area contributed by atoms with Crippen LogP contribution in [0.25, 0.3) is 6.08 Å². The lowest BCUT2D eigenvalue weighted by Crippen LogP contribution is -2.17. The number of hydrogen-bond acceptors (Lipinski definition) is 4. The quantitative estimate of drug-likeness (QED) is 0.687. The molecule has 2 aromatic rings. The molecule has 0 aromatic carbocycles. The summed E-state index contributed by atoms with van der Waals surface area (Å²) in [5.74, 6) is 0.568. The highest BCUT2D eigenvalue weighted by molar-refractivity contribution is 7.10. The number of furan rings is 1. The highest BCUT2D eigenvalue weighted by Crippen LogP contribution is 2.20. The van der Waals surface area contributed by atoms with Gasteiger partial charge in [0.1, 0.15) is 5.76 Å². The van der Waals surface area contributed by atoms with Crippen molar-refractivity contribution in [1.29, 1.82) is 0 Å². The van der Waals surface area contributed by atoms with Crippen LogP contribution in [0.1, 0.15) is 33.5 Å². The lowest BCUT2D eigenvalue weighted by molar-refractivity contribution is 0.0955. The first-order chi connectivity index (χ1) is 9.58. The van der Waals surface area contributed by atoms with Crippen LogP contribution >= 0.6 is 11.3 Å². The molecule has 2 aromatic heterocycles. The molecule has 0 spiro atoms. The number of thiophene rings is 1. The monoisotopic (exact) mass is 288 g/mol. The molecule has 0 bridgehead atoms. The van der Waals surface area contributed by atoms with Gasteiger partial charge in [-0.15, -0.1) is 11.3 Å². The highest BCUT2D eigenvalue weighted by Gasteiger charge is 2.11. The zero-order valence-corrected chi connectivity index (χ0v) is 12.5. The van der Waals surface area contributed by atoms with Gasteiger partial charge < -0.3 is 4.42 Å². The maximum absolute atomic E-state index is 11.9. The minimum atomic E-state index is -0.186. The molecular formula is C15H16N2O2S. The first-order valence-electron chi connectivity index (χ1n) is 6.18. The van der Waals surface area contributed by atoms with Gasteiger partial charge in [0.2, 0.25) is 0 Å². The van der Waals surface area contributed by atoms with Gasteiger partial charge in [-0.1, -0.05) is 0 Å². The van der Waals surface area contributed by atoms with Gasteiger partial charge in [0.25, 0.3) is 5.91 Å². The molecule has 1 amide bonds. The highest BCUT2D eigenvalue weighted by atomic mass is 32.1. The summed E-state index contributed by atoms with van der Waals surface area (Å²) < 4.78 is 5.20. The lowest BCUT2D eigenvalue weighted by Gasteiger charge is -1.99. The van der Waals surface area contributed by atoms with Crippen LogP contribution in [0.2, 0.25) is 0 Å². The van der Waals surface area contributed by atoms with E-state index in [1.165, 1.54) is 0 Å².